The van der Waals surface area contributed by atoms with Crippen LogP contribution in [0.4, 0.5) is 5.69 Å². The lowest BCUT2D eigenvalue weighted by Crippen LogP contribution is -2.23. The number of thiophene rings is 1. The normalized spacial score (nSPS) is 10.7. The highest BCUT2D eigenvalue weighted by molar-refractivity contribution is 7.09. The van der Waals surface area contributed by atoms with Crippen molar-refractivity contribution in [2.45, 2.75) is 26.9 Å². The molecule has 0 unspecified atom stereocenters. The van der Waals surface area contributed by atoms with Crippen molar-refractivity contribution in [2.24, 2.45) is 0 Å². The molecular formula is C16H22N2S. The van der Waals surface area contributed by atoms with Crippen molar-refractivity contribution >= 4 is 17.0 Å². The van der Waals surface area contributed by atoms with Crippen molar-refractivity contribution in [3.8, 4) is 0 Å². The number of nitrogens with one attached hydrogen (secondary N) is 1. The topological polar surface area (TPSA) is 15.3 Å². The first-order chi connectivity index (χ1) is 9.24. The summed E-state index contributed by atoms with van der Waals surface area (Å²) in [4.78, 5) is 3.86. The number of benzene rings is 1. The van der Waals surface area contributed by atoms with Crippen LogP contribution >= 0.6 is 11.3 Å². The highest BCUT2D eigenvalue weighted by Gasteiger charge is 2.10. The second kappa shape index (κ2) is 6.73. The maximum atomic E-state index is 3.27. The highest BCUT2D eigenvalue weighted by Crippen LogP contribution is 2.24. The Morgan fingerprint density at radius 3 is 2.74 bits per heavy atom. The fourth-order valence-corrected chi connectivity index (χ4v) is 3.03. The molecule has 1 heterocycles. The third-order valence-electron chi connectivity index (χ3n) is 3.25. The Labute approximate surface area is 120 Å². The van der Waals surface area contributed by atoms with Crippen molar-refractivity contribution in [2.75, 3.05) is 18.5 Å². The Balaban J connectivity index is 2.26. The van der Waals surface area contributed by atoms with Crippen molar-refractivity contribution in [1.29, 1.82) is 0 Å². The fraction of sp³-hybridized carbons (Fsp3) is 0.375. The predicted molar refractivity (Wildman–Crippen MR) is 85.0 cm³/mol. The van der Waals surface area contributed by atoms with Crippen LogP contribution in [0.2, 0.25) is 0 Å². The molecule has 0 saturated carbocycles. The predicted octanol–water partition coefficient (Wildman–Crippen LogP) is 3.80. The van der Waals surface area contributed by atoms with E-state index in [4.69, 9.17) is 0 Å². The lowest BCUT2D eigenvalue weighted by Gasteiger charge is -2.25. The van der Waals surface area contributed by atoms with Gasteiger partial charge in [-0.25, -0.2) is 0 Å². The first-order valence-electron chi connectivity index (χ1n) is 6.76. The average molecular weight is 274 g/mol. The zero-order valence-electron chi connectivity index (χ0n) is 11.9. The van der Waals surface area contributed by atoms with E-state index in [9.17, 15) is 0 Å². The second-order valence-electron chi connectivity index (χ2n) is 4.76. The Morgan fingerprint density at radius 1 is 1.26 bits per heavy atom. The molecule has 0 aliphatic rings. The molecule has 1 aromatic carbocycles. The molecule has 2 rings (SSSR count). The van der Waals surface area contributed by atoms with Crippen molar-refractivity contribution < 1.29 is 0 Å². The van der Waals surface area contributed by atoms with Gasteiger partial charge in [0.15, 0.2) is 0 Å². The molecule has 0 aliphatic carbocycles. The molecule has 0 spiro atoms. The van der Waals surface area contributed by atoms with Gasteiger partial charge in [-0.1, -0.05) is 23.8 Å². The van der Waals surface area contributed by atoms with E-state index in [0.29, 0.717) is 0 Å². The third-order valence-corrected chi connectivity index (χ3v) is 4.11. The molecule has 1 aromatic heterocycles. The van der Waals surface area contributed by atoms with Gasteiger partial charge in [0.2, 0.25) is 0 Å². The summed E-state index contributed by atoms with van der Waals surface area (Å²) in [5.41, 5.74) is 4.04. The van der Waals surface area contributed by atoms with Crippen LogP contribution in [0.5, 0.6) is 0 Å². The summed E-state index contributed by atoms with van der Waals surface area (Å²) in [6.45, 7) is 7.30. The summed E-state index contributed by atoms with van der Waals surface area (Å²) in [5.74, 6) is 0. The SMILES string of the molecule is CCN(Cc1cccs1)c1ccc(C)cc1CNC. The van der Waals surface area contributed by atoms with Gasteiger partial charge in [-0.2, -0.15) is 0 Å². The summed E-state index contributed by atoms with van der Waals surface area (Å²) < 4.78 is 0. The molecule has 0 aliphatic heterocycles. The number of anilines is 1. The van der Waals surface area contributed by atoms with Gasteiger partial charge in [0.05, 0.1) is 6.54 Å². The smallest absolute Gasteiger partial charge is 0.0522 e. The van der Waals surface area contributed by atoms with E-state index in [1.165, 1.54) is 21.7 Å². The lowest BCUT2D eigenvalue weighted by atomic mass is 10.1. The van der Waals surface area contributed by atoms with E-state index in [0.717, 1.165) is 19.6 Å². The number of rotatable bonds is 6. The summed E-state index contributed by atoms with van der Waals surface area (Å²) >= 11 is 1.83. The monoisotopic (exact) mass is 274 g/mol. The maximum absolute atomic E-state index is 3.27. The summed E-state index contributed by atoms with van der Waals surface area (Å²) in [6.07, 6.45) is 0. The zero-order chi connectivity index (χ0) is 13.7. The van der Waals surface area contributed by atoms with Gasteiger partial charge in [0.1, 0.15) is 0 Å². The van der Waals surface area contributed by atoms with Crippen molar-refractivity contribution in [3.05, 3.63) is 51.7 Å². The van der Waals surface area contributed by atoms with Gasteiger partial charge in [0, 0.05) is 23.7 Å². The molecule has 2 nitrogen and oxygen atoms in total. The second-order valence-corrected chi connectivity index (χ2v) is 5.79. The molecule has 0 bridgehead atoms. The molecule has 0 saturated heterocycles. The van der Waals surface area contributed by atoms with E-state index < -0.39 is 0 Å². The highest BCUT2D eigenvalue weighted by atomic mass is 32.1. The minimum atomic E-state index is 0.915. The molecule has 0 fully saturated rings. The molecule has 0 atom stereocenters. The van der Waals surface area contributed by atoms with Crippen LogP contribution < -0.4 is 10.2 Å². The molecule has 19 heavy (non-hydrogen) atoms. The van der Waals surface area contributed by atoms with E-state index in [1.54, 1.807) is 0 Å². The first kappa shape index (κ1) is 14.1. The molecular weight excluding hydrogens is 252 g/mol. The van der Waals surface area contributed by atoms with Crippen LogP contribution in [-0.2, 0) is 13.1 Å². The molecule has 0 radical (unpaired) electrons. The third kappa shape index (κ3) is 3.58. The fourth-order valence-electron chi connectivity index (χ4n) is 2.31. The van der Waals surface area contributed by atoms with Crippen molar-refractivity contribution in [3.63, 3.8) is 0 Å². The largest absolute Gasteiger partial charge is 0.366 e. The van der Waals surface area contributed by atoms with Crippen LogP contribution in [0.3, 0.4) is 0 Å². The van der Waals surface area contributed by atoms with Gasteiger partial charge < -0.3 is 10.2 Å². The van der Waals surface area contributed by atoms with E-state index in [2.05, 4.69) is 59.8 Å². The Kier molecular flexibility index (Phi) is 5.00. The van der Waals surface area contributed by atoms with E-state index in [1.807, 2.05) is 18.4 Å². The standard InChI is InChI=1S/C16H22N2S/c1-4-18(12-15-6-5-9-19-15)16-8-7-13(2)10-14(16)11-17-3/h5-10,17H,4,11-12H2,1-3H3. The van der Waals surface area contributed by atoms with Gasteiger partial charge >= 0.3 is 0 Å². The molecule has 102 valence electrons. The summed E-state index contributed by atoms with van der Waals surface area (Å²) in [6, 6.07) is 11.1. The summed E-state index contributed by atoms with van der Waals surface area (Å²) in [7, 11) is 2.00. The number of hydrogen-bond acceptors (Lipinski definition) is 3. The summed E-state index contributed by atoms with van der Waals surface area (Å²) in [5, 5.41) is 5.41. The van der Waals surface area contributed by atoms with Crippen molar-refractivity contribution in [1.82, 2.24) is 5.32 Å². The lowest BCUT2D eigenvalue weighted by molar-refractivity contribution is 0.787. The number of nitrogens with zero attached hydrogens (tertiary/aromatic N) is 1. The molecule has 0 amide bonds. The Hall–Kier alpha value is -1.32. The Morgan fingerprint density at radius 2 is 2.11 bits per heavy atom. The van der Waals surface area contributed by atoms with E-state index in [-0.39, 0.29) is 0 Å². The minimum Gasteiger partial charge on any atom is -0.366 e. The quantitative estimate of drug-likeness (QED) is 0.862. The van der Waals surface area contributed by atoms with Crippen LogP contribution in [0.25, 0.3) is 0 Å². The van der Waals surface area contributed by atoms with Gasteiger partial charge in [0.25, 0.3) is 0 Å². The van der Waals surface area contributed by atoms with Crippen LogP contribution in [0, 0.1) is 6.92 Å². The van der Waals surface area contributed by atoms with Gasteiger partial charge in [-0.3, -0.25) is 0 Å². The van der Waals surface area contributed by atoms with Crippen LogP contribution in [0.15, 0.2) is 35.7 Å². The van der Waals surface area contributed by atoms with Gasteiger partial charge in [-0.05, 0) is 44.0 Å². The average Bonchev–Trinajstić information content (AvgIpc) is 2.90. The first-order valence-corrected chi connectivity index (χ1v) is 7.64. The number of aryl methyl sites for hydroxylation is 1. The Bertz CT molecular complexity index is 505. The molecule has 2 aromatic rings. The van der Waals surface area contributed by atoms with Gasteiger partial charge in [-0.15, -0.1) is 11.3 Å². The zero-order valence-corrected chi connectivity index (χ0v) is 12.8. The van der Waals surface area contributed by atoms with E-state index >= 15 is 0 Å². The number of hydrogen-bond donors (Lipinski definition) is 1. The van der Waals surface area contributed by atoms with Crippen LogP contribution in [0.1, 0.15) is 22.9 Å². The van der Waals surface area contributed by atoms with Crippen LogP contribution in [-0.4, -0.2) is 13.6 Å². The molecule has 1 N–H and O–H groups in total. The maximum Gasteiger partial charge on any atom is 0.0522 e. The minimum absolute atomic E-state index is 0.915. The molecule has 3 heteroatoms.